The van der Waals surface area contributed by atoms with E-state index >= 15 is 0 Å². The van der Waals surface area contributed by atoms with Gasteiger partial charge in [-0.15, -0.1) is 0 Å². The first kappa shape index (κ1) is 66.0. The molecule has 18 aromatic rings. The molecule has 2 aliphatic carbocycles. The van der Waals surface area contributed by atoms with E-state index in [2.05, 4.69) is 417 Å². The maximum atomic E-state index is 6.52. The molecule has 1 N–H and O–H groups in total. The number of fused-ring (bicyclic) bond motifs is 12. The smallest absolute Gasteiger partial charge is 0.0621 e. The van der Waals surface area contributed by atoms with Crippen molar-refractivity contribution in [1.29, 1.82) is 0 Å². The summed E-state index contributed by atoms with van der Waals surface area (Å²) < 4.78 is 4.77. The van der Waals surface area contributed by atoms with Crippen molar-refractivity contribution in [2.45, 2.75) is 38.5 Å². The van der Waals surface area contributed by atoms with E-state index in [4.69, 9.17) is 11.6 Å². The summed E-state index contributed by atoms with van der Waals surface area (Å²) in [6.45, 7) is 9.35. The topological polar surface area (TPSA) is 25.1 Å². The Bertz CT molecular complexity index is 6300. The molecule has 0 saturated heterocycles. The summed E-state index contributed by atoms with van der Waals surface area (Å²) in [5, 5.41) is 9.18. The summed E-state index contributed by atoms with van der Waals surface area (Å²) in [6, 6.07) is 139. The van der Waals surface area contributed by atoms with Crippen LogP contribution in [0.25, 0.3) is 122 Å². The number of halogens is 1. The molecule has 0 aliphatic heterocycles. The quantitative estimate of drug-likeness (QED) is 0.140. The normalized spacial score (nSPS) is 12.7. The van der Waals surface area contributed by atoms with Crippen LogP contribution in [0.2, 0.25) is 5.02 Å². The number of rotatable bonds is 11. The summed E-state index contributed by atoms with van der Waals surface area (Å²) in [4.78, 5) is 2.45. The minimum Gasteiger partial charge on any atom is -0.356 e. The predicted octanol–water partition coefficient (Wildman–Crippen LogP) is 28.4. The molecule has 0 radical (unpaired) electrons. The molecule has 0 saturated carbocycles. The minimum atomic E-state index is -0.118. The highest BCUT2D eigenvalue weighted by Gasteiger charge is 2.37. The molecular formula is C102H77ClN4. The molecule has 0 fully saturated rings. The molecule has 2 heterocycles. The van der Waals surface area contributed by atoms with Gasteiger partial charge in [0.25, 0.3) is 0 Å². The Balaban J connectivity index is 0.000000126. The fourth-order valence-corrected chi connectivity index (χ4v) is 16.9. The standard InChI is InChI=1S/C51H38N2.C27H23N.C24H16ClN/c1-51(2)47-24-14-12-22-42(47)43-31-30-40(34-48(43)51)52(39-28-26-36(27-29-39)35-16-6-3-7-17-35)41-32-45(37-18-8-4-9-19-37)50-46(33-41)44-23-13-15-25-49(44)53(50)38-20-10-5-11-21-38;1-27(2)25-11-7-6-10-23(25)24-17-16-22(18-26(24)27)28-21-14-12-20(13-15-21)19-8-4-3-5-9-19;25-18-15-21(17-9-3-1-4-10-17)24-22(16-18)20-13-7-8-14-23(20)26(24)19-11-5-2-6-12-19/h3-34H,1-2H3;3-18,28H,1-2H3;1-16H. The van der Waals surface area contributed by atoms with Crippen molar-refractivity contribution in [3.8, 4) is 78.1 Å². The summed E-state index contributed by atoms with van der Waals surface area (Å²) in [6.07, 6.45) is 0. The van der Waals surface area contributed by atoms with Gasteiger partial charge in [-0.05, 0) is 187 Å². The molecule has 2 aliphatic rings. The molecule has 0 spiro atoms. The lowest BCUT2D eigenvalue weighted by atomic mass is 9.82. The van der Waals surface area contributed by atoms with E-state index in [0.717, 1.165) is 50.4 Å². The molecule has 16 aromatic carbocycles. The number of aromatic nitrogens is 2. The lowest BCUT2D eigenvalue weighted by Crippen LogP contribution is -2.16. The first-order valence-electron chi connectivity index (χ1n) is 36.9. The highest BCUT2D eigenvalue weighted by Crippen LogP contribution is 2.53. The molecule has 107 heavy (non-hydrogen) atoms. The van der Waals surface area contributed by atoms with Gasteiger partial charge in [0.2, 0.25) is 0 Å². The highest BCUT2D eigenvalue weighted by molar-refractivity contribution is 6.33. The minimum absolute atomic E-state index is 0.0286. The van der Waals surface area contributed by atoms with Gasteiger partial charge in [0.1, 0.15) is 0 Å². The molecule has 0 unspecified atom stereocenters. The first-order chi connectivity index (χ1) is 52.5. The van der Waals surface area contributed by atoms with Gasteiger partial charge in [-0.1, -0.05) is 318 Å². The average molecular weight is 1390 g/mol. The van der Waals surface area contributed by atoms with Gasteiger partial charge in [-0.25, -0.2) is 0 Å². The second kappa shape index (κ2) is 27.6. The molecule has 5 heteroatoms. The lowest BCUT2D eigenvalue weighted by molar-refractivity contribution is 0.660. The molecule has 20 rings (SSSR count). The number of hydrogen-bond donors (Lipinski definition) is 1. The van der Waals surface area contributed by atoms with Gasteiger partial charge in [0.05, 0.1) is 22.1 Å². The third kappa shape index (κ3) is 12.0. The van der Waals surface area contributed by atoms with Gasteiger partial charge >= 0.3 is 0 Å². The third-order valence-electron chi connectivity index (χ3n) is 21.9. The third-order valence-corrected chi connectivity index (χ3v) is 22.1. The van der Waals surface area contributed by atoms with Crippen molar-refractivity contribution in [3.63, 3.8) is 0 Å². The Labute approximate surface area is 631 Å². The Morgan fingerprint density at radius 3 is 1.12 bits per heavy atom. The maximum absolute atomic E-state index is 6.52. The maximum Gasteiger partial charge on any atom is 0.0621 e. The van der Waals surface area contributed by atoms with Crippen LogP contribution < -0.4 is 10.2 Å². The average Bonchev–Trinajstić information content (AvgIpc) is 1.61. The number of nitrogens with one attached hydrogen (secondary N) is 1. The number of benzene rings is 16. The Kier molecular flexibility index (Phi) is 17.0. The molecule has 512 valence electrons. The van der Waals surface area contributed by atoms with Crippen molar-refractivity contribution >= 4 is 83.6 Å². The molecule has 4 nitrogen and oxygen atoms in total. The van der Waals surface area contributed by atoms with Crippen LogP contribution in [0.3, 0.4) is 0 Å². The van der Waals surface area contributed by atoms with Gasteiger partial charge in [0.15, 0.2) is 0 Å². The summed E-state index contributed by atoms with van der Waals surface area (Å²) in [5.41, 5.74) is 33.1. The molecule has 0 amide bonds. The van der Waals surface area contributed by atoms with E-state index in [9.17, 15) is 0 Å². The van der Waals surface area contributed by atoms with E-state index in [1.54, 1.807) is 0 Å². The van der Waals surface area contributed by atoms with Crippen LogP contribution in [0.5, 0.6) is 0 Å². The summed E-state index contributed by atoms with van der Waals surface area (Å²) >= 11 is 6.52. The highest BCUT2D eigenvalue weighted by atomic mass is 35.5. The fourth-order valence-electron chi connectivity index (χ4n) is 16.7. The van der Waals surface area contributed by atoms with Crippen LogP contribution in [-0.2, 0) is 10.8 Å². The molecule has 2 aromatic heterocycles. The van der Waals surface area contributed by atoms with Crippen LogP contribution in [-0.4, -0.2) is 9.13 Å². The Morgan fingerprint density at radius 1 is 0.252 bits per heavy atom. The van der Waals surface area contributed by atoms with E-state index in [0.29, 0.717) is 0 Å². The van der Waals surface area contributed by atoms with Crippen LogP contribution in [0.4, 0.5) is 28.4 Å². The van der Waals surface area contributed by atoms with Gasteiger partial charge in [0, 0.05) is 88.3 Å². The summed E-state index contributed by atoms with van der Waals surface area (Å²) in [7, 11) is 0. The second-order valence-electron chi connectivity index (χ2n) is 29.0. The monoisotopic (exact) mass is 1390 g/mol. The summed E-state index contributed by atoms with van der Waals surface area (Å²) in [5.74, 6) is 0. The number of para-hydroxylation sites is 4. The molecule has 0 atom stereocenters. The van der Waals surface area contributed by atoms with Crippen LogP contribution >= 0.6 is 11.6 Å². The van der Waals surface area contributed by atoms with Crippen LogP contribution in [0.15, 0.2) is 388 Å². The van der Waals surface area contributed by atoms with Gasteiger partial charge in [-0.2, -0.15) is 0 Å². The Hall–Kier alpha value is -13.0. The fraction of sp³-hybridized carbons (Fsp3) is 0.0588. The van der Waals surface area contributed by atoms with Crippen LogP contribution in [0.1, 0.15) is 49.9 Å². The van der Waals surface area contributed by atoms with Crippen molar-refractivity contribution in [3.05, 3.63) is 416 Å². The van der Waals surface area contributed by atoms with Crippen molar-refractivity contribution in [2.24, 2.45) is 0 Å². The van der Waals surface area contributed by atoms with E-state index in [-0.39, 0.29) is 10.8 Å². The zero-order valence-electron chi connectivity index (χ0n) is 60.2. The van der Waals surface area contributed by atoms with E-state index < -0.39 is 0 Å². The van der Waals surface area contributed by atoms with E-state index in [1.807, 2.05) is 18.2 Å². The zero-order valence-corrected chi connectivity index (χ0v) is 60.9. The molecule has 0 bridgehead atoms. The predicted molar refractivity (Wildman–Crippen MR) is 454 cm³/mol. The van der Waals surface area contributed by atoms with Crippen molar-refractivity contribution < 1.29 is 0 Å². The van der Waals surface area contributed by atoms with Crippen molar-refractivity contribution in [2.75, 3.05) is 10.2 Å². The Morgan fingerprint density at radius 2 is 0.617 bits per heavy atom. The number of anilines is 5. The van der Waals surface area contributed by atoms with Crippen molar-refractivity contribution in [1.82, 2.24) is 9.13 Å². The first-order valence-corrected chi connectivity index (χ1v) is 37.3. The zero-order chi connectivity index (χ0) is 72.2. The van der Waals surface area contributed by atoms with E-state index in [1.165, 1.54) is 127 Å². The van der Waals surface area contributed by atoms with Gasteiger partial charge < -0.3 is 19.4 Å². The SMILES string of the molecule is CC1(C)c2ccccc2-c2ccc(N(c3ccc(-c4ccccc4)cc3)c3cc(-c4ccccc4)c4c(c3)c3ccccc3n4-c3ccccc3)cc21.CC1(C)c2ccccc2-c2ccc(Nc3ccc(-c4ccccc4)cc3)cc21.Clc1cc(-c2ccccc2)c2c(c1)c1ccccc1n2-c1ccccc1. The largest absolute Gasteiger partial charge is 0.356 e. The van der Waals surface area contributed by atoms with Gasteiger partial charge in [-0.3, -0.25) is 0 Å². The molecular weight excluding hydrogens is 1320 g/mol. The number of nitrogens with zero attached hydrogens (tertiary/aromatic N) is 3. The second-order valence-corrected chi connectivity index (χ2v) is 29.4. The number of hydrogen-bond acceptors (Lipinski definition) is 2. The lowest BCUT2D eigenvalue weighted by Gasteiger charge is -2.29. The van der Waals surface area contributed by atoms with Crippen LogP contribution in [0, 0.1) is 0 Å².